The maximum Gasteiger partial charge on any atom is 0.326 e. The van der Waals surface area contributed by atoms with Gasteiger partial charge in [0.2, 0.25) is 5.91 Å². The number of ether oxygens (including phenoxy) is 1. The summed E-state index contributed by atoms with van der Waals surface area (Å²) < 4.78 is 5.43. The van der Waals surface area contributed by atoms with Gasteiger partial charge in [0.1, 0.15) is 11.8 Å². The molecule has 0 bridgehead atoms. The van der Waals surface area contributed by atoms with Crippen LogP contribution in [0.3, 0.4) is 0 Å². The Balaban J connectivity index is 2.36. The highest BCUT2D eigenvalue weighted by molar-refractivity contribution is 5.83. The third-order valence-corrected chi connectivity index (χ3v) is 2.87. The Morgan fingerprint density at radius 3 is 2.35 bits per heavy atom. The molecule has 5 heteroatoms. The molecule has 0 aliphatic carbocycles. The molecule has 1 aromatic carbocycles. The number of carbonyl (C=O) groups is 2. The number of hydrogen-bond acceptors (Lipinski definition) is 3. The van der Waals surface area contributed by atoms with E-state index in [1.54, 1.807) is 13.8 Å². The third kappa shape index (κ3) is 5.30. The van der Waals surface area contributed by atoms with E-state index >= 15 is 0 Å². The summed E-state index contributed by atoms with van der Waals surface area (Å²) >= 11 is 0. The van der Waals surface area contributed by atoms with Crippen molar-refractivity contribution >= 4 is 11.9 Å². The van der Waals surface area contributed by atoms with Crippen molar-refractivity contribution in [1.82, 2.24) is 5.32 Å². The van der Waals surface area contributed by atoms with Gasteiger partial charge in [-0.05, 0) is 25.0 Å². The van der Waals surface area contributed by atoms with Gasteiger partial charge in [-0.2, -0.15) is 0 Å². The van der Waals surface area contributed by atoms with Gasteiger partial charge in [0.25, 0.3) is 0 Å². The predicted molar refractivity (Wildman–Crippen MR) is 75.7 cm³/mol. The number of carbonyl (C=O) groups excluding carboxylic acids is 1. The van der Waals surface area contributed by atoms with E-state index in [1.165, 1.54) is 0 Å². The van der Waals surface area contributed by atoms with Gasteiger partial charge in [-0.15, -0.1) is 0 Å². The minimum absolute atomic E-state index is 0.129. The number of amides is 1. The molecule has 0 saturated carbocycles. The normalized spacial score (nSPS) is 12.0. The number of rotatable bonds is 7. The van der Waals surface area contributed by atoms with Crippen LogP contribution in [-0.4, -0.2) is 29.6 Å². The van der Waals surface area contributed by atoms with Crippen LogP contribution < -0.4 is 10.1 Å². The number of carboxylic acids is 1. The van der Waals surface area contributed by atoms with E-state index < -0.39 is 12.0 Å². The van der Waals surface area contributed by atoms with Gasteiger partial charge in [0.15, 0.2) is 0 Å². The zero-order valence-corrected chi connectivity index (χ0v) is 12.1. The van der Waals surface area contributed by atoms with Gasteiger partial charge in [0.05, 0.1) is 13.0 Å². The topological polar surface area (TPSA) is 75.6 Å². The molecule has 0 saturated heterocycles. The fourth-order valence-corrected chi connectivity index (χ4v) is 1.66. The molecular weight excluding hydrogens is 258 g/mol. The summed E-state index contributed by atoms with van der Waals surface area (Å²) in [5.74, 6) is -0.803. The average Bonchev–Trinajstić information content (AvgIpc) is 2.37. The first-order valence-electron chi connectivity index (χ1n) is 6.61. The van der Waals surface area contributed by atoms with E-state index in [2.05, 4.69) is 5.32 Å². The summed E-state index contributed by atoms with van der Waals surface area (Å²) in [4.78, 5) is 22.6. The Morgan fingerprint density at radius 2 is 1.85 bits per heavy atom. The summed E-state index contributed by atoms with van der Waals surface area (Å²) in [6, 6.07) is 6.66. The second-order valence-corrected chi connectivity index (χ2v) is 5.04. The Labute approximate surface area is 118 Å². The van der Waals surface area contributed by atoms with Crippen LogP contribution in [0.15, 0.2) is 24.3 Å². The van der Waals surface area contributed by atoms with Crippen LogP contribution >= 0.6 is 0 Å². The summed E-state index contributed by atoms with van der Waals surface area (Å²) in [6.07, 6.45) is 0.129. The van der Waals surface area contributed by atoms with Gasteiger partial charge >= 0.3 is 5.97 Å². The molecule has 0 spiro atoms. The molecule has 1 atom stereocenters. The fraction of sp³-hybridized carbons (Fsp3) is 0.467. The van der Waals surface area contributed by atoms with Crippen LogP contribution in [0.5, 0.6) is 5.75 Å². The zero-order valence-electron chi connectivity index (χ0n) is 12.1. The third-order valence-electron chi connectivity index (χ3n) is 2.87. The molecule has 0 aromatic heterocycles. The Bertz CT molecular complexity index is 453. The Morgan fingerprint density at radius 1 is 1.25 bits per heavy atom. The lowest BCUT2D eigenvalue weighted by Gasteiger charge is -2.17. The first-order valence-corrected chi connectivity index (χ1v) is 6.61. The molecule has 0 heterocycles. The van der Waals surface area contributed by atoms with E-state index in [1.807, 2.05) is 31.2 Å². The van der Waals surface area contributed by atoms with Crippen LogP contribution in [0.2, 0.25) is 0 Å². The average molecular weight is 279 g/mol. The first kappa shape index (κ1) is 16.0. The quantitative estimate of drug-likeness (QED) is 0.800. The molecule has 5 nitrogen and oxygen atoms in total. The number of aryl methyl sites for hydroxylation is 1. The first-order chi connectivity index (χ1) is 9.40. The highest BCUT2D eigenvalue weighted by Gasteiger charge is 2.23. The predicted octanol–water partition coefficient (Wildman–Crippen LogP) is 1.99. The van der Waals surface area contributed by atoms with Crippen molar-refractivity contribution in [2.75, 3.05) is 6.61 Å². The molecule has 0 aliphatic rings. The largest absolute Gasteiger partial charge is 0.493 e. The van der Waals surface area contributed by atoms with Crippen LogP contribution in [0.25, 0.3) is 0 Å². The Hall–Kier alpha value is -2.04. The number of aliphatic carboxylic acids is 1. The van der Waals surface area contributed by atoms with Crippen molar-refractivity contribution in [2.24, 2.45) is 5.92 Å². The molecule has 2 N–H and O–H groups in total. The summed E-state index contributed by atoms with van der Waals surface area (Å²) in [5, 5.41) is 11.5. The van der Waals surface area contributed by atoms with Crippen molar-refractivity contribution in [3.63, 3.8) is 0 Å². The van der Waals surface area contributed by atoms with Crippen LogP contribution in [-0.2, 0) is 9.59 Å². The molecule has 0 radical (unpaired) electrons. The van der Waals surface area contributed by atoms with Crippen LogP contribution in [0.4, 0.5) is 0 Å². The summed E-state index contributed by atoms with van der Waals surface area (Å²) in [6.45, 7) is 5.71. The van der Waals surface area contributed by atoms with Gasteiger partial charge in [0, 0.05) is 0 Å². The van der Waals surface area contributed by atoms with E-state index in [4.69, 9.17) is 9.84 Å². The van der Waals surface area contributed by atoms with Gasteiger partial charge in [-0.25, -0.2) is 4.79 Å². The molecule has 0 aliphatic heterocycles. The van der Waals surface area contributed by atoms with Gasteiger partial charge < -0.3 is 15.2 Å². The fourth-order valence-electron chi connectivity index (χ4n) is 1.66. The van der Waals surface area contributed by atoms with Crippen LogP contribution in [0.1, 0.15) is 25.8 Å². The van der Waals surface area contributed by atoms with Crippen molar-refractivity contribution < 1.29 is 19.4 Å². The highest BCUT2D eigenvalue weighted by atomic mass is 16.5. The maximum atomic E-state index is 11.7. The summed E-state index contributed by atoms with van der Waals surface area (Å²) in [7, 11) is 0. The molecule has 0 unspecified atom stereocenters. The molecule has 1 aromatic rings. The summed E-state index contributed by atoms with van der Waals surface area (Å²) in [5.41, 5.74) is 1.14. The lowest BCUT2D eigenvalue weighted by molar-refractivity contribution is -0.143. The smallest absolute Gasteiger partial charge is 0.326 e. The van der Waals surface area contributed by atoms with Crippen molar-refractivity contribution in [3.05, 3.63) is 29.8 Å². The SMILES string of the molecule is Cc1ccc(OCCC(=O)N[C@H](C(=O)O)C(C)C)cc1. The maximum absolute atomic E-state index is 11.7. The van der Waals surface area contributed by atoms with Gasteiger partial charge in [-0.3, -0.25) is 4.79 Å². The minimum atomic E-state index is -1.02. The zero-order chi connectivity index (χ0) is 15.1. The number of benzene rings is 1. The highest BCUT2D eigenvalue weighted by Crippen LogP contribution is 2.11. The number of nitrogens with one attached hydrogen (secondary N) is 1. The van der Waals surface area contributed by atoms with Crippen molar-refractivity contribution in [3.8, 4) is 5.75 Å². The molecular formula is C15H21NO4. The molecule has 1 rings (SSSR count). The van der Waals surface area contributed by atoms with E-state index in [0.29, 0.717) is 5.75 Å². The molecule has 20 heavy (non-hydrogen) atoms. The Kier molecular flexibility index (Phi) is 6.03. The second kappa shape index (κ2) is 7.53. The minimum Gasteiger partial charge on any atom is -0.493 e. The lowest BCUT2D eigenvalue weighted by Crippen LogP contribution is -2.44. The number of hydrogen-bond donors (Lipinski definition) is 2. The van der Waals surface area contributed by atoms with Gasteiger partial charge in [-0.1, -0.05) is 31.5 Å². The molecule has 0 fully saturated rings. The molecule has 110 valence electrons. The lowest BCUT2D eigenvalue weighted by atomic mass is 10.0. The molecule has 1 amide bonds. The van der Waals surface area contributed by atoms with Crippen molar-refractivity contribution in [2.45, 2.75) is 33.2 Å². The number of carboxylic acid groups (broad SMARTS) is 1. The second-order valence-electron chi connectivity index (χ2n) is 5.04. The standard InChI is InChI=1S/C15H21NO4/c1-10(2)14(15(18)19)16-13(17)8-9-20-12-6-4-11(3)5-7-12/h4-7,10,14H,8-9H2,1-3H3,(H,16,17)(H,18,19)/t14-/m0/s1. The van der Waals surface area contributed by atoms with E-state index in [-0.39, 0.29) is 24.9 Å². The van der Waals surface area contributed by atoms with E-state index in [9.17, 15) is 9.59 Å². The monoisotopic (exact) mass is 279 g/mol. The van der Waals surface area contributed by atoms with E-state index in [0.717, 1.165) is 5.56 Å². The van der Waals surface area contributed by atoms with Crippen molar-refractivity contribution in [1.29, 1.82) is 0 Å². The van der Waals surface area contributed by atoms with Crippen LogP contribution in [0, 0.1) is 12.8 Å².